The molecule has 0 spiro atoms. The van der Waals surface area contributed by atoms with Crippen molar-refractivity contribution in [3.63, 3.8) is 0 Å². The van der Waals surface area contributed by atoms with Gasteiger partial charge in [-0.25, -0.2) is 4.79 Å². The third-order valence-corrected chi connectivity index (χ3v) is 6.70. The average molecular weight is 583 g/mol. The molecule has 5 N–H and O–H groups in total. The molecule has 41 heavy (non-hydrogen) atoms. The highest BCUT2D eigenvalue weighted by atomic mass is 16.5. The normalized spacial score (nSPS) is 18.6. The lowest BCUT2D eigenvalue weighted by molar-refractivity contribution is -0.140. The van der Waals surface area contributed by atoms with Gasteiger partial charge in [0.25, 0.3) is 0 Å². The van der Waals surface area contributed by atoms with Gasteiger partial charge in [0, 0.05) is 39.3 Å². The monoisotopic (exact) mass is 582 g/mol. The van der Waals surface area contributed by atoms with Gasteiger partial charge in [-0.1, -0.05) is 0 Å². The molecule has 0 bridgehead atoms. The molecule has 1 saturated heterocycles. The Balaban J connectivity index is 2.06. The fraction of sp³-hybridized carbons (Fsp3) is 0.630. The zero-order chi connectivity index (χ0) is 30.2. The molecule has 0 aromatic heterocycles. The summed E-state index contributed by atoms with van der Waals surface area (Å²) >= 11 is 0. The van der Waals surface area contributed by atoms with Crippen LogP contribution in [0.1, 0.15) is 29.6 Å². The van der Waals surface area contributed by atoms with E-state index in [0.29, 0.717) is 77.4 Å². The van der Waals surface area contributed by atoms with Crippen LogP contribution >= 0.6 is 0 Å². The lowest BCUT2D eigenvalue weighted by Gasteiger charge is -2.29. The first kappa shape index (κ1) is 33.9. The number of ether oxygens (including phenoxy) is 1. The second kappa shape index (κ2) is 18.2. The van der Waals surface area contributed by atoms with E-state index in [-0.39, 0.29) is 38.3 Å². The average Bonchev–Trinajstić information content (AvgIpc) is 2.90. The number of rotatable bonds is 12. The number of carboxylic acids is 4. The van der Waals surface area contributed by atoms with Crippen molar-refractivity contribution in [2.24, 2.45) is 0 Å². The van der Waals surface area contributed by atoms with E-state index in [1.807, 2.05) is 9.80 Å². The van der Waals surface area contributed by atoms with E-state index >= 15 is 0 Å². The van der Waals surface area contributed by atoms with E-state index in [1.54, 1.807) is 9.80 Å². The van der Waals surface area contributed by atoms with E-state index in [0.717, 1.165) is 0 Å². The largest absolute Gasteiger partial charge is 0.491 e. The summed E-state index contributed by atoms with van der Waals surface area (Å²) in [7, 11) is 0. The summed E-state index contributed by atoms with van der Waals surface area (Å²) in [5.41, 5.74) is 0.122. The number of benzene rings is 1. The summed E-state index contributed by atoms with van der Waals surface area (Å²) in [5, 5.41) is 47.7. The maximum absolute atomic E-state index is 11.5. The van der Waals surface area contributed by atoms with Gasteiger partial charge in [-0.3, -0.25) is 34.0 Å². The van der Waals surface area contributed by atoms with Crippen LogP contribution < -0.4 is 4.74 Å². The van der Waals surface area contributed by atoms with E-state index in [9.17, 15) is 39.6 Å². The number of carbonyl (C=O) groups is 4. The van der Waals surface area contributed by atoms with Crippen molar-refractivity contribution in [2.45, 2.75) is 25.4 Å². The molecule has 0 saturated carbocycles. The molecule has 1 atom stereocenters. The predicted octanol–water partition coefficient (Wildman–Crippen LogP) is -0.230. The van der Waals surface area contributed by atoms with E-state index in [1.165, 1.54) is 24.3 Å². The number of hydrogen-bond acceptors (Lipinski definition) is 10. The fourth-order valence-electron chi connectivity index (χ4n) is 4.67. The van der Waals surface area contributed by atoms with Crippen molar-refractivity contribution in [1.82, 2.24) is 19.6 Å². The molecular weight excluding hydrogens is 540 g/mol. The van der Waals surface area contributed by atoms with Crippen molar-refractivity contribution in [3.8, 4) is 5.75 Å². The van der Waals surface area contributed by atoms with Crippen molar-refractivity contribution < 1.29 is 49.4 Å². The Bertz CT molecular complexity index is 977. The number of aliphatic hydroxyl groups excluding tert-OH is 1. The Morgan fingerprint density at radius 3 is 1.49 bits per heavy atom. The van der Waals surface area contributed by atoms with Crippen LogP contribution in [-0.2, 0) is 14.4 Å². The summed E-state index contributed by atoms with van der Waals surface area (Å²) in [6.07, 6.45) is 1.02. The summed E-state index contributed by atoms with van der Waals surface area (Å²) in [6.45, 7) is 3.41. The minimum absolute atomic E-state index is 0.0354. The first-order valence-electron chi connectivity index (χ1n) is 13.7. The van der Waals surface area contributed by atoms with Gasteiger partial charge in [-0.15, -0.1) is 0 Å². The van der Waals surface area contributed by atoms with Gasteiger partial charge >= 0.3 is 23.9 Å². The number of aromatic carboxylic acids is 1. The molecule has 0 radical (unpaired) electrons. The predicted molar refractivity (Wildman–Crippen MR) is 147 cm³/mol. The Hall–Kier alpha value is -3.30. The third kappa shape index (κ3) is 14.8. The highest BCUT2D eigenvalue weighted by Gasteiger charge is 2.19. The Kier molecular flexibility index (Phi) is 15.0. The highest BCUT2D eigenvalue weighted by molar-refractivity contribution is 5.87. The molecule has 0 amide bonds. The molecular formula is C27H42N4O10. The molecule has 1 aliphatic heterocycles. The summed E-state index contributed by atoms with van der Waals surface area (Å²) in [5.74, 6) is -3.52. The lowest BCUT2D eigenvalue weighted by atomic mass is 10.2. The molecule has 14 heteroatoms. The van der Waals surface area contributed by atoms with Gasteiger partial charge in [0.05, 0.1) is 25.2 Å². The van der Waals surface area contributed by atoms with Crippen molar-refractivity contribution >= 4 is 23.9 Å². The van der Waals surface area contributed by atoms with Crippen LogP contribution in [-0.4, -0.2) is 160 Å². The first-order valence-corrected chi connectivity index (χ1v) is 13.7. The molecule has 1 fully saturated rings. The molecule has 1 aromatic carbocycles. The lowest BCUT2D eigenvalue weighted by Crippen LogP contribution is -2.43. The van der Waals surface area contributed by atoms with Crippen LogP contribution in [0.4, 0.5) is 0 Å². The molecule has 1 aliphatic rings. The smallest absolute Gasteiger partial charge is 0.335 e. The van der Waals surface area contributed by atoms with Gasteiger partial charge in [-0.05, 0) is 63.2 Å². The Morgan fingerprint density at radius 2 is 1.05 bits per heavy atom. The van der Waals surface area contributed by atoms with Gasteiger partial charge < -0.3 is 30.3 Å². The van der Waals surface area contributed by atoms with Crippen LogP contribution in [0.2, 0.25) is 0 Å². The quantitative estimate of drug-likeness (QED) is 0.217. The summed E-state index contributed by atoms with van der Waals surface area (Å²) in [4.78, 5) is 52.6. The van der Waals surface area contributed by atoms with Gasteiger partial charge in [0.15, 0.2) is 0 Å². The molecule has 1 unspecified atom stereocenters. The van der Waals surface area contributed by atoms with Crippen molar-refractivity contribution in [3.05, 3.63) is 29.8 Å². The SMILES string of the molecule is O=C(O)CN1CCCCN(CC(=O)O)CCN(CC(O)COc2ccc(C(=O)O)cc2)CCCN(CC(=O)O)CC1. The maximum Gasteiger partial charge on any atom is 0.335 e. The molecule has 1 heterocycles. The van der Waals surface area contributed by atoms with Crippen LogP contribution in [0.5, 0.6) is 5.75 Å². The standard InChI is InChI=1S/C27H42N4O10/c32-22(20-41-23-6-4-21(5-7-23)27(39)40)16-28-10-3-11-31(19-26(37)38)15-14-30(18-25(35)36)9-2-1-8-29(13-12-28)17-24(33)34/h4-7,22,32H,1-3,8-20H2,(H,33,34)(H,35,36)(H,37,38)(H,39,40). The summed E-state index contributed by atoms with van der Waals surface area (Å²) < 4.78 is 5.62. The van der Waals surface area contributed by atoms with Crippen molar-refractivity contribution in [1.29, 1.82) is 0 Å². The van der Waals surface area contributed by atoms with E-state index in [4.69, 9.17) is 9.84 Å². The Labute approximate surface area is 239 Å². The highest BCUT2D eigenvalue weighted by Crippen LogP contribution is 2.13. The Morgan fingerprint density at radius 1 is 0.634 bits per heavy atom. The number of β-amino-alcohol motifs (C(OH)–C–C–N with tert-alkyl or cyclic N) is 1. The van der Waals surface area contributed by atoms with Crippen LogP contribution in [0.3, 0.4) is 0 Å². The molecule has 0 aliphatic carbocycles. The zero-order valence-electron chi connectivity index (χ0n) is 23.3. The minimum atomic E-state index is -1.05. The molecule has 2 rings (SSSR count). The number of aliphatic carboxylic acids is 3. The second-order valence-electron chi connectivity index (χ2n) is 10.2. The van der Waals surface area contributed by atoms with Gasteiger partial charge in [0.2, 0.25) is 0 Å². The molecule has 230 valence electrons. The molecule has 14 nitrogen and oxygen atoms in total. The summed E-state index contributed by atoms with van der Waals surface area (Å²) in [6, 6.07) is 5.85. The fourth-order valence-corrected chi connectivity index (χ4v) is 4.67. The van der Waals surface area contributed by atoms with E-state index < -0.39 is 30.0 Å². The number of hydrogen-bond donors (Lipinski definition) is 5. The number of nitrogens with zero attached hydrogens (tertiary/aromatic N) is 4. The van der Waals surface area contributed by atoms with E-state index in [2.05, 4.69) is 0 Å². The first-order chi connectivity index (χ1) is 19.5. The van der Waals surface area contributed by atoms with Gasteiger partial charge in [-0.2, -0.15) is 0 Å². The third-order valence-electron chi connectivity index (χ3n) is 6.70. The number of aliphatic hydroxyl groups is 1. The molecule has 1 aromatic rings. The topological polar surface area (TPSA) is 192 Å². The van der Waals surface area contributed by atoms with Crippen LogP contribution in [0.25, 0.3) is 0 Å². The van der Waals surface area contributed by atoms with Gasteiger partial charge in [0.1, 0.15) is 18.5 Å². The van der Waals surface area contributed by atoms with Crippen LogP contribution in [0.15, 0.2) is 24.3 Å². The van der Waals surface area contributed by atoms with Crippen molar-refractivity contribution in [2.75, 3.05) is 85.1 Å². The van der Waals surface area contributed by atoms with Crippen LogP contribution in [0, 0.1) is 0 Å². The second-order valence-corrected chi connectivity index (χ2v) is 10.2. The number of carboxylic acid groups (broad SMARTS) is 4. The maximum atomic E-state index is 11.5. The minimum Gasteiger partial charge on any atom is -0.491 e. The zero-order valence-corrected chi connectivity index (χ0v) is 23.3.